The Bertz CT molecular complexity index is 404. The standard InChI is InChI=1S/C12H16N2OS/c1-8(6-12(13)16)14-11-5-3-4-10(7-11)9(2)15/h3-5,7-8,14H,6H2,1-2H3,(H2,13,16). The molecule has 3 N–H and O–H groups in total. The number of nitrogens with one attached hydrogen (secondary N) is 1. The van der Waals surface area contributed by atoms with Crippen LogP contribution < -0.4 is 11.1 Å². The van der Waals surface area contributed by atoms with Crippen LogP contribution in [0, 0.1) is 0 Å². The molecule has 0 aliphatic heterocycles. The van der Waals surface area contributed by atoms with Crippen molar-refractivity contribution in [1.29, 1.82) is 0 Å². The summed E-state index contributed by atoms with van der Waals surface area (Å²) < 4.78 is 0. The minimum absolute atomic E-state index is 0.0608. The SMILES string of the molecule is CC(=O)c1cccc(NC(C)CC(N)=S)c1. The van der Waals surface area contributed by atoms with E-state index in [-0.39, 0.29) is 11.8 Å². The fourth-order valence-corrected chi connectivity index (χ4v) is 1.72. The molecule has 1 unspecified atom stereocenters. The smallest absolute Gasteiger partial charge is 0.159 e. The van der Waals surface area contributed by atoms with Gasteiger partial charge in [-0.1, -0.05) is 24.4 Å². The second-order valence-electron chi connectivity index (χ2n) is 3.85. The molecule has 1 rings (SSSR count). The Labute approximate surface area is 101 Å². The molecule has 0 radical (unpaired) electrons. The minimum atomic E-state index is 0.0608. The van der Waals surface area contributed by atoms with E-state index in [1.807, 2.05) is 25.1 Å². The van der Waals surface area contributed by atoms with Gasteiger partial charge in [-0.05, 0) is 26.0 Å². The van der Waals surface area contributed by atoms with Crippen LogP contribution in [0.15, 0.2) is 24.3 Å². The van der Waals surface area contributed by atoms with E-state index in [0.717, 1.165) is 5.69 Å². The number of rotatable bonds is 5. The Kier molecular flexibility index (Phi) is 4.43. The van der Waals surface area contributed by atoms with Crippen LogP contribution in [0.25, 0.3) is 0 Å². The highest BCUT2D eigenvalue weighted by atomic mass is 32.1. The van der Waals surface area contributed by atoms with E-state index in [1.54, 1.807) is 13.0 Å². The van der Waals surface area contributed by atoms with E-state index in [4.69, 9.17) is 18.0 Å². The predicted molar refractivity (Wildman–Crippen MR) is 70.9 cm³/mol. The molecule has 0 bridgehead atoms. The highest BCUT2D eigenvalue weighted by Gasteiger charge is 2.05. The molecule has 0 heterocycles. The summed E-state index contributed by atoms with van der Waals surface area (Å²) in [5.74, 6) is 0.0608. The van der Waals surface area contributed by atoms with Crippen molar-refractivity contribution in [1.82, 2.24) is 0 Å². The Balaban J connectivity index is 2.70. The lowest BCUT2D eigenvalue weighted by molar-refractivity contribution is 0.101. The number of hydrogen-bond acceptors (Lipinski definition) is 3. The van der Waals surface area contributed by atoms with Crippen LogP contribution in [0.3, 0.4) is 0 Å². The number of carbonyl (C=O) groups is 1. The van der Waals surface area contributed by atoms with Crippen molar-refractivity contribution >= 4 is 28.7 Å². The van der Waals surface area contributed by atoms with Gasteiger partial charge in [-0.25, -0.2) is 0 Å². The van der Waals surface area contributed by atoms with Gasteiger partial charge in [0.2, 0.25) is 0 Å². The van der Waals surface area contributed by atoms with E-state index >= 15 is 0 Å². The van der Waals surface area contributed by atoms with Crippen molar-refractivity contribution < 1.29 is 4.79 Å². The zero-order valence-corrected chi connectivity index (χ0v) is 10.3. The highest BCUT2D eigenvalue weighted by molar-refractivity contribution is 7.80. The van der Waals surface area contributed by atoms with E-state index in [2.05, 4.69) is 5.32 Å². The lowest BCUT2D eigenvalue weighted by Crippen LogP contribution is -2.22. The minimum Gasteiger partial charge on any atom is -0.393 e. The number of thiocarbonyl (C=S) groups is 1. The molecule has 0 fully saturated rings. The van der Waals surface area contributed by atoms with Crippen LogP contribution >= 0.6 is 12.2 Å². The number of anilines is 1. The van der Waals surface area contributed by atoms with Crippen molar-refractivity contribution in [2.45, 2.75) is 26.3 Å². The lowest BCUT2D eigenvalue weighted by Gasteiger charge is -2.14. The second-order valence-corrected chi connectivity index (χ2v) is 4.38. The average Bonchev–Trinajstić information content (AvgIpc) is 2.16. The molecule has 1 aromatic carbocycles. The first-order valence-electron chi connectivity index (χ1n) is 5.15. The number of benzene rings is 1. The molecule has 0 amide bonds. The molecule has 0 aliphatic carbocycles. The van der Waals surface area contributed by atoms with Gasteiger partial charge in [-0.2, -0.15) is 0 Å². The molecule has 4 heteroatoms. The second kappa shape index (κ2) is 5.61. The first kappa shape index (κ1) is 12.6. The van der Waals surface area contributed by atoms with E-state index in [0.29, 0.717) is 17.0 Å². The molecule has 16 heavy (non-hydrogen) atoms. The summed E-state index contributed by atoms with van der Waals surface area (Å²) in [4.78, 5) is 11.7. The molecule has 3 nitrogen and oxygen atoms in total. The van der Waals surface area contributed by atoms with Gasteiger partial charge >= 0.3 is 0 Å². The summed E-state index contributed by atoms with van der Waals surface area (Å²) in [5.41, 5.74) is 7.08. The zero-order valence-electron chi connectivity index (χ0n) is 9.49. The van der Waals surface area contributed by atoms with Crippen molar-refractivity contribution in [3.63, 3.8) is 0 Å². The highest BCUT2D eigenvalue weighted by Crippen LogP contribution is 2.13. The number of Topliss-reactive ketones (excluding diaryl/α,β-unsaturated/α-hetero) is 1. The van der Waals surface area contributed by atoms with Crippen molar-refractivity contribution in [2.75, 3.05) is 5.32 Å². The summed E-state index contributed by atoms with van der Waals surface area (Å²) in [6, 6.07) is 7.57. The summed E-state index contributed by atoms with van der Waals surface area (Å²) in [6.45, 7) is 3.55. The maximum Gasteiger partial charge on any atom is 0.159 e. The van der Waals surface area contributed by atoms with Crippen LogP contribution in [0.1, 0.15) is 30.6 Å². The van der Waals surface area contributed by atoms with E-state index in [9.17, 15) is 4.79 Å². The maximum atomic E-state index is 11.2. The fraction of sp³-hybridized carbons (Fsp3) is 0.333. The van der Waals surface area contributed by atoms with Gasteiger partial charge < -0.3 is 11.1 Å². The molecular weight excluding hydrogens is 220 g/mol. The van der Waals surface area contributed by atoms with Crippen molar-refractivity contribution in [2.24, 2.45) is 5.73 Å². The van der Waals surface area contributed by atoms with Crippen LogP contribution in [0.4, 0.5) is 5.69 Å². The molecule has 1 aromatic rings. The Morgan fingerprint density at radius 1 is 1.56 bits per heavy atom. The van der Waals surface area contributed by atoms with E-state index in [1.165, 1.54) is 0 Å². The number of carbonyl (C=O) groups excluding carboxylic acids is 1. The van der Waals surface area contributed by atoms with Gasteiger partial charge in [0.1, 0.15) is 0 Å². The Morgan fingerprint density at radius 2 is 2.25 bits per heavy atom. The largest absolute Gasteiger partial charge is 0.393 e. The van der Waals surface area contributed by atoms with Gasteiger partial charge in [0.25, 0.3) is 0 Å². The average molecular weight is 236 g/mol. The Hall–Kier alpha value is -1.42. The van der Waals surface area contributed by atoms with Gasteiger partial charge in [0.15, 0.2) is 5.78 Å². The predicted octanol–water partition coefficient (Wildman–Crippen LogP) is 2.37. The van der Waals surface area contributed by atoms with E-state index < -0.39 is 0 Å². The lowest BCUT2D eigenvalue weighted by atomic mass is 10.1. The third-order valence-electron chi connectivity index (χ3n) is 2.19. The molecule has 0 saturated heterocycles. The molecule has 1 atom stereocenters. The number of hydrogen-bond donors (Lipinski definition) is 2. The topological polar surface area (TPSA) is 55.1 Å². The van der Waals surface area contributed by atoms with Crippen molar-refractivity contribution in [3.05, 3.63) is 29.8 Å². The summed E-state index contributed by atoms with van der Waals surface area (Å²) >= 11 is 4.84. The zero-order chi connectivity index (χ0) is 12.1. The summed E-state index contributed by atoms with van der Waals surface area (Å²) in [7, 11) is 0. The monoisotopic (exact) mass is 236 g/mol. The molecule has 0 saturated carbocycles. The van der Waals surface area contributed by atoms with Gasteiger partial charge in [0, 0.05) is 23.7 Å². The molecule has 0 aliphatic rings. The van der Waals surface area contributed by atoms with Crippen LogP contribution in [0.5, 0.6) is 0 Å². The molecule has 86 valence electrons. The maximum absolute atomic E-state index is 11.2. The number of ketones is 1. The normalized spacial score (nSPS) is 11.9. The molecule has 0 aromatic heterocycles. The van der Waals surface area contributed by atoms with Crippen molar-refractivity contribution in [3.8, 4) is 0 Å². The first-order chi connectivity index (χ1) is 7.49. The summed E-state index contributed by atoms with van der Waals surface area (Å²) in [6.07, 6.45) is 0.639. The molecule has 0 spiro atoms. The Morgan fingerprint density at radius 3 is 2.81 bits per heavy atom. The van der Waals surface area contributed by atoms with Crippen LogP contribution in [-0.4, -0.2) is 16.8 Å². The number of nitrogens with two attached hydrogens (primary N) is 1. The van der Waals surface area contributed by atoms with Crippen LogP contribution in [-0.2, 0) is 0 Å². The van der Waals surface area contributed by atoms with Gasteiger partial charge in [0.05, 0.1) is 4.99 Å². The fourth-order valence-electron chi connectivity index (χ4n) is 1.47. The third kappa shape index (κ3) is 3.98. The quantitative estimate of drug-likeness (QED) is 0.608. The third-order valence-corrected chi connectivity index (χ3v) is 2.36. The first-order valence-corrected chi connectivity index (χ1v) is 5.55. The van der Waals surface area contributed by atoms with Gasteiger partial charge in [-0.3, -0.25) is 4.79 Å². The summed E-state index contributed by atoms with van der Waals surface area (Å²) in [5, 5.41) is 3.25. The van der Waals surface area contributed by atoms with Crippen LogP contribution in [0.2, 0.25) is 0 Å². The molecular formula is C12H16N2OS. The van der Waals surface area contributed by atoms with Gasteiger partial charge in [-0.15, -0.1) is 0 Å².